The van der Waals surface area contributed by atoms with Gasteiger partial charge in [0.05, 0.1) is 10.5 Å². The second-order valence-electron chi connectivity index (χ2n) is 2.50. The van der Waals surface area contributed by atoms with E-state index < -0.39 is 18.3 Å². The van der Waals surface area contributed by atoms with Crippen LogP contribution in [0.3, 0.4) is 0 Å². The van der Waals surface area contributed by atoms with Crippen molar-refractivity contribution in [3.05, 3.63) is 34.1 Å². The van der Waals surface area contributed by atoms with Crippen molar-refractivity contribution in [1.29, 1.82) is 0 Å². The number of nitrogens with two attached hydrogens (primary N) is 1. The maximum atomic E-state index is 12.9. The van der Waals surface area contributed by atoms with E-state index in [9.17, 15) is 13.2 Å². The average molecular weight is 254 g/mol. The lowest BCUT2D eigenvalue weighted by Crippen LogP contribution is -2.19. The van der Waals surface area contributed by atoms with Crippen LogP contribution in [-0.4, -0.2) is 6.43 Å². The lowest BCUT2D eigenvalue weighted by molar-refractivity contribution is 0.116. The van der Waals surface area contributed by atoms with Crippen molar-refractivity contribution in [1.82, 2.24) is 0 Å². The van der Waals surface area contributed by atoms with Gasteiger partial charge in [0.2, 0.25) is 0 Å². The third-order valence-corrected chi connectivity index (χ3v) is 2.45. The van der Waals surface area contributed by atoms with Gasteiger partial charge in [0.25, 0.3) is 6.43 Å². The number of alkyl halides is 2. The third-order valence-electron chi connectivity index (χ3n) is 1.61. The molecule has 0 radical (unpaired) electrons. The first-order valence-corrected chi connectivity index (χ1v) is 4.31. The van der Waals surface area contributed by atoms with E-state index in [1.807, 2.05) is 0 Å². The Kier molecular flexibility index (Phi) is 3.33. The maximum absolute atomic E-state index is 12.9. The molecule has 0 amide bonds. The molecule has 1 rings (SSSR count). The average Bonchev–Trinajstić information content (AvgIpc) is 2.08. The second kappa shape index (κ2) is 4.11. The highest BCUT2D eigenvalue weighted by Gasteiger charge is 2.20. The molecule has 0 saturated heterocycles. The maximum Gasteiger partial charge on any atom is 0.257 e. The topological polar surface area (TPSA) is 26.0 Å². The summed E-state index contributed by atoms with van der Waals surface area (Å²) < 4.78 is 37.2. The highest BCUT2D eigenvalue weighted by molar-refractivity contribution is 9.10. The Bertz CT molecular complexity index is 303. The molecule has 1 aromatic rings. The Morgan fingerprint density at radius 1 is 1.31 bits per heavy atom. The van der Waals surface area contributed by atoms with E-state index >= 15 is 0 Å². The van der Waals surface area contributed by atoms with Crippen molar-refractivity contribution in [3.8, 4) is 0 Å². The number of rotatable bonds is 2. The summed E-state index contributed by atoms with van der Waals surface area (Å²) >= 11 is 2.86. The zero-order chi connectivity index (χ0) is 10.0. The monoisotopic (exact) mass is 253 g/mol. The molecule has 0 fully saturated rings. The van der Waals surface area contributed by atoms with Crippen LogP contribution in [0.2, 0.25) is 0 Å². The van der Waals surface area contributed by atoms with E-state index in [0.29, 0.717) is 0 Å². The molecule has 1 unspecified atom stereocenters. The van der Waals surface area contributed by atoms with Gasteiger partial charge in [0.15, 0.2) is 0 Å². The summed E-state index contributed by atoms with van der Waals surface area (Å²) in [5, 5.41) is 0. The Balaban J connectivity index is 3.07. The van der Waals surface area contributed by atoms with Crippen LogP contribution in [0.15, 0.2) is 22.7 Å². The van der Waals surface area contributed by atoms with Crippen LogP contribution in [0.25, 0.3) is 0 Å². The Hall–Kier alpha value is -0.550. The molecule has 1 atom stereocenters. The SMILES string of the molecule is NC(c1cccc(F)c1Br)C(F)F. The molecule has 0 heterocycles. The standard InChI is InChI=1S/C8H7BrF3N/c9-6-4(7(13)8(11)12)2-1-3-5(6)10/h1-3,7-8H,13H2. The summed E-state index contributed by atoms with van der Waals surface area (Å²) in [4.78, 5) is 0. The fourth-order valence-electron chi connectivity index (χ4n) is 0.914. The van der Waals surface area contributed by atoms with Crippen molar-refractivity contribution in [3.63, 3.8) is 0 Å². The van der Waals surface area contributed by atoms with Crippen LogP contribution in [0, 0.1) is 5.82 Å². The molecule has 2 N–H and O–H groups in total. The lowest BCUT2D eigenvalue weighted by Gasteiger charge is -2.12. The molecule has 72 valence electrons. The number of hydrogen-bond acceptors (Lipinski definition) is 1. The van der Waals surface area contributed by atoms with Crippen molar-refractivity contribution >= 4 is 15.9 Å². The molecular weight excluding hydrogens is 247 g/mol. The normalized spacial score (nSPS) is 13.4. The lowest BCUT2D eigenvalue weighted by atomic mass is 10.1. The summed E-state index contributed by atoms with van der Waals surface area (Å²) in [5.41, 5.74) is 5.24. The number of benzene rings is 1. The quantitative estimate of drug-likeness (QED) is 0.862. The smallest absolute Gasteiger partial charge is 0.257 e. The van der Waals surface area contributed by atoms with Crippen molar-refractivity contribution in [2.24, 2.45) is 5.73 Å². The zero-order valence-electron chi connectivity index (χ0n) is 6.48. The van der Waals surface area contributed by atoms with Gasteiger partial charge in [-0.1, -0.05) is 12.1 Å². The van der Waals surface area contributed by atoms with Gasteiger partial charge in [-0.25, -0.2) is 13.2 Å². The van der Waals surface area contributed by atoms with Gasteiger partial charge in [-0.3, -0.25) is 0 Å². The Morgan fingerprint density at radius 2 is 1.92 bits per heavy atom. The molecule has 1 nitrogen and oxygen atoms in total. The molecule has 0 spiro atoms. The predicted octanol–water partition coefficient (Wildman–Crippen LogP) is 2.85. The first kappa shape index (κ1) is 10.5. The fraction of sp³-hybridized carbons (Fsp3) is 0.250. The molecule has 5 heteroatoms. The summed E-state index contributed by atoms with van der Waals surface area (Å²) in [7, 11) is 0. The van der Waals surface area contributed by atoms with Gasteiger partial charge in [0.1, 0.15) is 5.82 Å². The van der Waals surface area contributed by atoms with Crippen molar-refractivity contribution in [2.75, 3.05) is 0 Å². The van der Waals surface area contributed by atoms with Crippen LogP contribution >= 0.6 is 15.9 Å². The number of hydrogen-bond donors (Lipinski definition) is 1. The van der Waals surface area contributed by atoms with Crippen LogP contribution in [0.1, 0.15) is 11.6 Å². The van der Waals surface area contributed by atoms with E-state index in [-0.39, 0.29) is 10.0 Å². The van der Waals surface area contributed by atoms with Gasteiger partial charge >= 0.3 is 0 Å². The minimum Gasteiger partial charge on any atom is -0.319 e. The summed E-state index contributed by atoms with van der Waals surface area (Å²) in [6.07, 6.45) is -2.70. The van der Waals surface area contributed by atoms with Crippen LogP contribution in [0.4, 0.5) is 13.2 Å². The van der Waals surface area contributed by atoms with E-state index in [4.69, 9.17) is 5.73 Å². The van der Waals surface area contributed by atoms with E-state index in [1.165, 1.54) is 18.2 Å². The molecule has 0 aliphatic rings. The molecule has 0 aliphatic heterocycles. The first-order chi connectivity index (χ1) is 6.04. The predicted molar refractivity (Wildman–Crippen MR) is 47.0 cm³/mol. The third kappa shape index (κ3) is 2.22. The fourth-order valence-corrected chi connectivity index (χ4v) is 1.44. The summed E-state index contributed by atoms with van der Waals surface area (Å²) in [6, 6.07) is 2.43. The van der Waals surface area contributed by atoms with Crippen molar-refractivity contribution in [2.45, 2.75) is 12.5 Å². The second-order valence-corrected chi connectivity index (χ2v) is 3.30. The highest BCUT2D eigenvalue weighted by atomic mass is 79.9. The Labute approximate surface area is 81.9 Å². The van der Waals surface area contributed by atoms with Gasteiger partial charge in [-0.15, -0.1) is 0 Å². The molecule has 0 aromatic heterocycles. The van der Waals surface area contributed by atoms with Gasteiger partial charge in [0, 0.05) is 0 Å². The molecule has 13 heavy (non-hydrogen) atoms. The first-order valence-electron chi connectivity index (χ1n) is 3.51. The molecule has 0 saturated carbocycles. The molecule has 0 bridgehead atoms. The minimum absolute atomic E-state index is 0.00259. The summed E-state index contributed by atoms with van der Waals surface area (Å²) in [6.45, 7) is 0. The van der Waals surface area contributed by atoms with Gasteiger partial charge < -0.3 is 5.73 Å². The molecule has 1 aromatic carbocycles. The highest BCUT2D eigenvalue weighted by Crippen LogP contribution is 2.27. The van der Waals surface area contributed by atoms with Gasteiger partial charge in [-0.2, -0.15) is 0 Å². The summed E-state index contributed by atoms with van der Waals surface area (Å²) in [5.74, 6) is -0.589. The molecular formula is C8H7BrF3N. The number of halogens is 4. The van der Waals surface area contributed by atoms with E-state index in [0.717, 1.165) is 0 Å². The molecule has 0 aliphatic carbocycles. The van der Waals surface area contributed by atoms with Crippen LogP contribution < -0.4 is 5.73 Å². The zero-order valence-corrected chi connectivity index (χ0v) is 8.06. The van der Waals surface area contributed by atoms with Gasteiger partial charge in [-0.05, 0) is 27.6 Å². The largest absolute Gasteiger partial charge is 0.319 e. The van der Waals surface area contributed by atoms with Crippen LogP contribution in [0.5, 0.6) is 0 Å². The van der Waals surface area contributed by atoms with E-state index in [2.05, 4.69) is 15.9 Å². The van der Waals surface area contributed by atoms with Crippen LogP contribution in [-0.2, 0) is 0 Å². The van der Waals surface area contributed by atoms with E-state index in [1.54, 1.807) is 0 Å². The van der Waals surface area contributed by atoms with Crippen molar-refractivity contribution < 1.29 is 13.2 Å². The minimum atomic E-state index is -2.70. The Morgan fingerprint density at radius 3 is 2.46 bits per heavy atom.